The maximum atomic E-state index is 11.4. The average Bonchev–Trinajstić information content (AvgIpc) is 3.10. The van der Waals surface area contributed by atoms with Crippen molar-refractivity contribution in [2.75, 3.05) is 27.9 Å². The van der Waals surface area contributed by atoms with Crippen LogP contribution < -0.4 is 9.47 Å². The maximum absolute atomic E-state index is 11.4. The monoisotopic (exact) mass is 322 g/mol. The van der Waals surface area contributed by atoms with Crippen LogP contribution in [0.1, 0.15) is 31.2 Å². The quantitative estimate of drug-likeness (QED) is 0.689. The van der Waals surface area contributed by atoms with Gasteiger partial charge in [0, 0.05) is 7.11 Å². The molecule has 1 aromatic rings. The predicted octanol–water partition coefficient (Wildman–Crippen LogP) is 2.99. The van der Waals surface area contributed by atoms with Crippen LogP contribution in [-0.4, -0.2) is 40.0 Å². The van der Waals surface area contributed by atoms with Crippen LogP contribution in [0.2, 0.25) is 0 Å². The number of hydrogen-bond acceptors (Lipinski definition) is 5. The van der Waals surface area contributed by atoms with Crippen LogP contribution in [0.15, 0.2) is 18.2 Å². The van der Waals surface area contributed by atoms with Gasteiger partial charge in [-0.25, -0.2) is 0 Å². The van der Waals surface area contributed by atoms with E-state index in [0.717, 1.165) is 5.56 Å². The van der Waals surface area contributed by atoms with E-state index in [1.165, 1.54) is 32.8 Å². The van der Waals surface area contributed by atoms with E-state index in [4.69, 9.17) is 14.2 Å². The minimum Gasteiger partial charge on any atom is -0.493 e. The Labute approximate surface area is 137 Å². The third-order valence-electron chi connectivity index (χ3n) is 4.44. The number of methoxy groups -OCH3 is 3. The van der Waals surface area contributed by atoms with Gasteiger partial charge in [-0.1, -0.05) is 18.9 Å². The van der Waals surface area contributed by atoms with Crippen molar-refractivity contribution in [3.63, 3.8) is 0 Å². The highest BCUT2D eigenvalue weighted by molar-refractivity contribution is 5.72. The van der Waals surface area contributed by atoms with Gasteiger partial charge in [-0.2, -0.15) is 0 Å². The van der Waals surface area contributed by atoms with Crippen LogP contribution >= 0.6 is 0 Å². The lowest BCUT2D eigenvalue weighted by Gasteiger charge is -2.22. The van der Waals surface area contributed by atoms with Gasteiger partial charge < -0.3 is 18.9 Å². The van der Waals surface area contributed by atoms with Gasteiger partial charge in [-0.3, -0.25) is 4.79 Å². The minimum atomic E-state index is -0.276. The van der Waals surface area contributed by atoms with E-state index in [-0.39, 0.29) is 18.5 Å². The molecule has 128 valence electrons. The SMILES string of the molecule is COC(=O)Cc1ccc(OCC(OC)C2CCCC2)c(OC)c1. The summed E-state index contributed by atoms with van der Waals surface area (Å²) in [5.41, 5.74) is 0.833. The molecule has 0 radical (unpaired) electrons. The highest BCUT2D eigenvalue weighted by atomic mass is 16.5. The van der Waals surface area contributed by atoms with E-state index < -0.39 is 0 Å². The number of ether oxygens (including phenoxy) is 4. The fourth-order valence-corrected chi connectivity index (χ4v) is 3.08. The molecule has 1 aliphatic carbocycles. The molecule has 0 aliphatic heterocycles. The zero-order chi connectivity index (χ0) is 16.7. The first-order chi connectivity index (χ1) is 11.2. The molecule has 2 rings (SSSR count). The fourth-order valence-electron chi connectivity index (χ4n) is 3.08. The van der Waals surface area contributed by atoms with E-state index in [0.29, 0.717) is 24.0 Å². The third-order valence-corrected chi connectivity index (χ3v) is 4.44. The first kappa shape index (κ1) is 17.6. The second-order valence-corrected chi connectivity index (χ2v) is 5.87. The third kappa shape index (κ3) is 4.86. The van der Waals surface area contributed by atoms with Gasteiger partial charge in [-0.15, -0.1) is 0 Å². The van der Waals surface area contributed by atoms with Gasteiger partial charge in [0.2, 0.25) is 0 Å². The summed E-state index contributed by atoms with van der Waals surface area (Å²) in [5.74, 6) is 1.58. The molecule has 1 aliphatic rings. The van der Waals surface area contributed by atoms with E-state index in [1.54, 1.807) is 14.2 Å². The van der Waals surface area contributed by atoms with Crippen LogP contribution in [0, 0.1) is 5.92 Å². The Kier molecular flexibility index (Phi) is 6.71. The lowest BCUT2D eigenvalue weighted by Crippen LogP contribution is -2.27. The predicted molar refractivity (Wildman–Crippen MR) is 87.0 cm³/mol. The molecule has 1 atom stereocenters. The Morgan fingerprint density at radius 1 is 1.17 bits per heavy atom. The normalized spacial score (nSPS) is 16.1. The summed E-state index contributed by atoms with van der Waals surface area (Å²) in [6.45, 7) is 0.508. The Bertz CT molecular complexity index is 508. The topological polar surface area (TPSA) is 54.0 Å². The smallest absolute Gasteiger partial charge is 0.309 e. The molecule has 0 heterocycles. The second kappa shape index (κ2) is 8.77. The summed E-state index contributed by atoms with van der Waals surface area (Å²) in [5, 5.41) is 0. The molecule has 0 bridgehead atoms. The lowest BCUT2D eigenvalue weighted by atomic mass is 10.0. The number of esters is 1. The highest BCUT2D eigenvalue weighted by Crippen LogP contribution is 2.32. The summed E-state index contributed by atoms with van der Waals surface area (Å²) >= 11 is 0. The second-order valence-electron chi connectivity index (χ2n) is 5.87. The molecule has 5 heteroatoms. The van der Waals surface area contributed by atoms with E-state index in [9.17, 15) is 4.79 Å². The van der Waals surface area contributed by atoms with Gasteiger partial charge in [0.25, 0.3) is 0 Å². The molecule has 1 fully saturated rings. The summed E-state index contributed by atoms with van der Waals surface area (Å²) in [7, 11) is 4.71. The van der Waals surface area contributed by atoms with Crippen LogP contribution in [0.4, 0.5) is 0 Å². The summed E-state index contributed by atoms with van der Waals surface area (Å²) in [4.78, 5) is 11.4. The van der Waals surface area contributed by atoms with Crippen molar-refractivity contribution >= 4 is 5.97 Å². The number of hydrogen-bond donors (Lipinski definition) is 0. The molecule has 1 saturated carbocycles. The van der Waals surface area contributed by atoms with Crippen molar-refractivity contribution < 1.29 is 23.7 Å². The molecular formula is C18H26O5. The van der Waals surface area contributed by atoms with Gasteiger partial charge >= 0.3 is 5.97 Å². The first-order valence-electron chi connectivity index (χ1n) is 8.07. The number of benzene rings is 1. The van der Waals surface area contributed by atoms with Crippen LogP contribution in [0.5, 0.6) is 11.5 Å². The van der Waals surface area contributed by atoms with E-state index in [1.807, 2.05) is 18.2 Å². The molecule has 0 aromatic heterocycles. The van der Waals surface area contributed by atoms with Crippen molar-refractivity contribution in [2.24, 2.45) is 5.92 Å². The Hall–Kier alpha value is -1.75. The van der Waals surface area contributed by atoms with Gasteiger partial charge in [0.05, 0.1) is 26.7 Å². The Morgan fingerprint density at radius 2 is 1.91 bits per heavy atom. The fraction of sp³-hybridized carbons (Fsp3) is 0.611. The van der Waals surface area contributed by atoms with Crippen molar-refractivity contribution in [1.82, 2.24) is 0 Å². The molecule has 0 amide bonds. The Balaban J connectivity index is 1.99. The van der Waals surface area contributed by atoms with Crippen molar-refractivity contribution in [3.05, 3.63) is 23.8 Å². The maximum Gasteiger partial charge on any atom is 0.309 e. The summed E-state index contributed by atoms with van der Waals surface area (Å²) in [6.07, 6.45) is 5.29. The van der Waals surface area contributed by atoms with Gasteiger partial charge in [-0.05, 0) is 36.5 Å². The minimum absolute atomic E-state index is 0.108. The van der Waals surface area contributed by atoms with Crippen LogP contribution in [-0.2, 0) is 20.7 Å². The molecule has 1 aromatic carbocycles. The molecule has 5 nitrogen and oxygen atoms in total. The molecule has 1 unspecified atom stereocenters. The molecule has 0 N–H and O–H groups in total. The number of carbonyl (C=O) groups excluding carboxylic acids is 1. The highest BCUT2D eigenvalue weighted by Gasteiger charge is 2.25. The van der Waals surface area contributed by atoms with Crippen molar-refractivity contribution in [3.8, 4) is 11.5 Å². The number of rotatable bonds is 8. The lowest BCUT2D eigenvalue weighted by molar-refractivity contribution is -0.139. The van der Waals surface area contributed by atoms with Crippen molar-refractivity contribution in [2.45, 2.75) is 38.2 Å². The first-order valence-corrected chi connectivity index (χ1v) is 8.07. The summed E-state index contributed by atoms with van der Waals surface area (Å²) in [6, 6.07) is 5.49. The van der Waals surface area contributed by atoms with E-state index in [2.05, 4.69) is 4.74 Å². The van der Waals surface area contributed by atoms with Crippen LogP contribution in [0.25, 0.3) is 0 Å². The van der Waals surface area contributed by atoms with Crippen molar-refractivity contribution in [1.29, 1.82) is 0 Å². The average molecular weight is 322 g/mol. The molecule has 0 spiro atoms. The van der Waals surface area contributed by atoms with Crippen LogP contribution in [0.3, 0.4) is 0 Å². The zero-order valence-electron chi connectivity index (χ0n) is 14.2. The van der Waals surface area contributed by atoms with E-state index >= 15 is 0 Å². The van der Waals surface area contributed by atoms with Gasteiger partial charge in [0.15, 0.2) is 11.5 Å². The Morgan fingerprint density at radius 3 is 2.52 bits per heavy atom. The number of carbonyl (C=O) groups is 1. The molecular weight excluding hydrogens is 296 g/mol. The zero-order valence-corrected chi connectivity index (χ0v) is 14.2. The standard InChI is InChI=1S/C18H26O5/c1-20-16-10-13(11-18(19)22-3)8-9-15(16)23-12-17(21-2)14-6-4-5-7-14/h8-10,14,17H,4-7,11-12H2,1-3H3. The summed E-state index contributed by atoms with van der Waals surface area (Å²) < 4.78 is 21.6. The molecule has 23 heavy (non-hydrogen) atoms. The molecule has 0 saturated heterocycles. The largest absolute Gasteiger partial charge is 0.493 e. The van der Waals surface area contributed by atoms with Gasteiger partial charge in [0.1, 0.15) is 6.61 Å².